The van der Waals surface area contributed by atoms with E-state index in [4.69, 9.17) is 0 Å². The van der Waals surface area contributed by atoms with Crippen LogP contribution in [0.3, 0.4) is 0 Å². The zero-order chi connectivity index (χ0) is 11.1. The van der Waals surface area contributed by atoms with Crippen LogP contribution in [0.15, 0.2) is 0 Å². The van der Waals surface area contributed by atoms with Crippen molar-refractivity contribution in [1.29, 1.82) is 0 Å². The minimum atomic E-state index is -0.0623. The molecule has 1 N–H and O–H groups in total. The zero-order valence-corrected chi connectivity index (χ0v) is 9.46. The first-order chi connectivity index (χ1) is 6.43. The number of hydrogen-bond acceptors (Lipinski definition) is 3. The van der Waals surface area contributed by atoms with E-state index in [-0.39, 0.29) is 24.2 Å². The van der Waals surface area contributed by atoms with Crippen LogP contribution in [0.4, 0.5) is 0 Å². The van der Waals surface area contributed by atoms with Gasteiger partial charge < -0.3 is 10.2 Å². The van der Waals surface area contributed by atoms with E-state index >= 15 is 0 Å². The number of rotatable bonds is 6. The van der Waals surface area contributed by atoms with Gasteiger partial charge in [-0.05, 0) is 14.1 Å². The summed E-state index contributed by atoms with van der Waals surface area (Å²) in [5.74, 6) is 0.0000480. The number of hydrogen-bond donors (Lipinski definition) is 1. The lowest BCUT2D eigenvalue weighted by Crippen LogP contribution is -2.33. The fourth-order valence-electron chi connectivity index (χ4n) is 0.803. The third kappa shape index (κ3) is 6.60. The first-order valence-electron chi connectivity index (χ1n) is 4.87. The lowest BCUT2D eigenvalue weighted by Gasteiger charge is -2.09. The number of carbonyl (C=O) groups is 2. The molecule has 0 rings (SSSR count). The van der Waals surface area contributed by atoms with Gasteiger partial charge in [-0.1, -0.05) is 13.8 Å². The van der Waals surface area contributed by atoms with E-state index in [0.29, 0.717) is 13.0 Å². The second kappa shape index (κ2) is 6.54. The van der Waals surface area contributed by atoms with Crippen molar-refractivity contribution >= 4 is 11.7 Å². The summed E-state index contributed by atoms with van der Waals surface area (Å²) in [6.45, 7) is 4.52. The minimum absolute atomic E-state index is 0.0100. The Morgan fingerprint density at radius 3 is 2.29 bits per heavy atom. The number of carbonyl (C=O) groups excluding carboxylic acids is 2. The molecule has 0 fully saturated rings. The van der Waals surface area contributed by atoms with Crippen molar-refractivity contribution in [2.45, 2.75) is 20.3 Å². The van der Waals surface area contributed by atoms with Gasteiger partial charge in [0.1, 0.15) is 0 Å². The highest BCUT2D eigenvalue weighted by Gasteiger charge is 2.08. The molecule has 0 atom stereocenters. The standard InChI is InChI=1S/C10H20N2O2/c1-8(2)9(13)7-11-10(14)5-6-12(3)4/h8H,5-7H2,1-4H3,(H,11,14). The molecule has 0 saturated heterocycles. The van der Waals surface area contributed by atoms with Gasteiger partial charge in [0.2, 0.25) is 5.91 Å². The highest BCUT2D eigenvalue weighted by atomic mass is 16.2. The molecule has 0 heterocycles. The number of amides is 1. The normalized spacial score (nSPS) is 10.7. The lowest BCUT2D eigenvalue weighted by atomic mass is 10.1. The second-order valence-corrected chi connectivity index (χ2v) is 3.95. The molecule has 82 valence electrons. The summed E-state index contributed by atoms with van der Waals surface area (Å²) < 4.78 is 0. The highest BCUT2D eigenvalue weighted by molar-refractivity contribution is 5.87. The summed E-state index contributed by atoms with van der Waals surface area (Å²) in [7, 11) is 3.82. The smallest absolute Gasteiger partial charge is 0.221 e. The van der Waals surface area contributed by atoms with E-state index in [9.17, 15) is 9.59 Å². The largest absolute Gasteiger partial charge is 0.349 e. The molecule has 14 heavy (non-hydrogen) atoms. The first kappa shape index (κ1) is 13.1. The summed E-state index contributed by atoms with van der Waals surface area (Å²) in [5.41, 5.74) is 0. The molecule has 0 radical (unpaired) electrons. The van der Waals surface area contributed by atoms with Gasteiger partial charge in [-0.15, -0.1) is 0 Å². The van der Waals surface area contributed by atoms with Crippen LogP contribution in [0.5, 0.6) is 0 Å². The Bertz CT molecular complexity index is 200. The van der Waals surface area contributed by atoms with Crippen LogP contribution in [0.1, 0.15) is 20.3 Å². The van der Waals surface area contributed by atoms with Gasteiger partial charge in [0.05, 0.1) is 6.54 Å². The molecular formula is C10H20N2O2. The fraction of sp³-hybridized carbons (Fsp3) is 0.800. The molecule has 0 spiro atoms. The fourth-order valence-corrected chi connectivity index (χ4v) is 0.803. The van der Waals surface area contributed by atoms with E-state index in [1.54, 1.807) is 0 Å². The highest BCUT2D eigenvalue weighted by Crippen LogP contribution is 1.92. The quantitative estimate of drug-likeness (QED) is 0.670. The molecule has 4 heteroatoms. The molecule has 0 aliphatic rings. The number of ketones is 1. The lowest BCUT2D eigenvalue weighted by molar-refractivity contribution is -0.126. The van der Waals surface area contributed by atoms with E-state index < -0.39 is 0 Å². The Kier molecular flexibility index (Phi) is 6.12. The summed E-state index contributed by atoms with van der Waals surface area (Å²) in [5, 5.41) is 2.60. The summed E-state index contributed by atoms with van der Waals surface area (Å²) in [4.78, 5) is 24.3. The van der Waals surface area contributed by atoms with Crippen molar-refractivity contribution in [2.24, 2.45) is 5.92 Å². The molecule has 0 aliphatic heterocycles. The molecule has 0 unspecified atom stereocenters. The third-order valence-electron chi connectivity index (χ3n) is 1.89. The third-order valence-corrected chi connectivity index (χ3v) is 1.89. The van der Waals surface area contributed by atoms with Crippen molar-refractivity contribution in [3.8, 4) is 0 Å². The van der Waals surface area contributed by atoms with Gasteiger partial charge >= 0.3 is 0 Å². The monoisotopic (exact) mass is 200 g/mol. The Labute approximate surface area is 85.7 Å². The van der Waals surface area contributed by atoms with Gasteiger partial charge in [-0.25, -0.2) is 0 Å². The molecule has 0 aromatic carbocycles. The van der Waals surface area contributed by atoms with Crippen LogP contribution in [-0.2, 0) is 9.59 Å². The van der Waals surface area contributed by atoms with Crippen LogP contribution in [0, 0.1) is 5.92 Å². The van der Waals surface area contributed by atoms with Crippen molar-refractivity contribution < 1.29 is 9.59 Å². The topological polar surface area (TPSA) is 49.4 Å². The summed E-state index contributed by atoms with van der Waals surface area (Å²) in [6, 6.07) is 0. The van der Waals surface area contributed by atoms with Crippen molar-refractivity contribution in [3.63, 3.8) is 0 Å². The van der Waals surface area contributed by atoms with E-state index in [0.717, 1.165) is 0 Å². The van der Waals surface area contributed by atoms with Gasteiger partial charge in [0.25, 0.3) is 0 Å². The van der Waals surface area contributed by atoms with E-state index in [2.05, 4.69) is 5.32 Å². The average Bonchev–Trinajstić information content (AvgIpc) is 2.10. The van der Waals surface area contributed by atoms with Crippen LogP contribution in [-0.4, -0.2) is 43.8 Å². The number of nitrogens with zero attached hydrogens (tertiary/aromatic N) is 1. The molecule has 0 bridgehead atoms. The molecule has 0 aromatic heterocycles. The first-order valence-corrected chi connectivity index (χ1v) is 4.87. The predicted molar refractivity (Wildman–Crippen MR) is 56.0 cm³/mol. The van der Waals surface area contributed by atoms with Crippen LogP contribution >= 0.6 is 0 Å². The van der Waals surface area contributed by atoms with Gasteiger partial charge in [-0.3, -0.25) is 9.59 Å². The van der Waals surface area contributed by atoms with Gasteiger partial charge in [0.15, 0.2) is 5.78 Å². The second-order valence-electron chi connectivity index (χ2n) is 3.95. The van der Waals surface area contributed by atoms with Gasteiger partial charge in [-0.2, -0.15) is 0 Å². The Hall–Kier alpha value is -0.900. The minimum Gasteiger partial charge on any atom is -0.349 e. The summed E-state index contributed by atoms with van der Waals surface area (Å²) >= 11 is 0. The van der Waals surface area contributed by atoms with Crippen LogP contribution < -0.4 is 5.32 Å². The Morgan fingerprint density at radius 1 is 1.29 bits per heavy atom. The molecule has 1 amide bonds. The van der Waals surface area contributed by atoms with Gasteiger partial charge in [0, 0.05) is 18.9 Å². The SMILES string of the molecule is CC(C)C(=O)CNC(=O)CCN(C)C. The Morgan fingerprint density at radius 2 is 1.86 bits per heavy atom. The predicted octanol–water partition coefficient (Wildman–Crippen LogP) is 0.279. The van der Waals surface area contributed by atoms with E-state index in [1.165, 1.54) is 0 Å². The van der Waals surface area contributed by atoms with Crippen molar-refractivity contribution in [1.82, 2.24) is 10.2 Å². The average molecular weight is 200 g/mol. The number of nitrogens with one attached hydrogen (secondary N) is 1. The maximum Gasteiger partial charge on any atom is 0.221 e. The molecule has 0 saturated carbocycles. The molecule has 4 nitrogen and oxygen atoms in total. The molecular weight excluding hydrogens is 180 g/mol. The van der Waals surface area contributed by atoms with Crippen LogP contribution in [0.25, 0.3) is 0 Å². The van der Waals surface area contributed by atoms with E-state index in [1.807, 2.05) is 32.8 Å². The summed E-state index contributed by atoms with van der Waals surface area (Å²) in [6.07, 6.45) is 0.443. The maximum atomic E-state index is 11.2. The zero-order valence-electron chi connectivity index (χ0n) is 9.46. The maximum absolute atomic E-state index is 11.2. The van der Waals surface area contributed by atoms with Crippen molar-refractivity contribution in [2.75, 3.05) is 27.2 Å². The van der Waals surface area contributed by atoms with Crippen molar-refractivity contribution in [3.05, 3.63) is 0 Å². The van der Waals surface area contributed by atoms with Crippen LogP contribution in [0.2, 0.25) is 0 Å². The Balaban J connectivity index is 3.59. The number of Topliss-reactive ketones (excluding diaryl/α,β-unsaturated/α-hetero) is 1. The molecule has 0 aliphatic carbocycles. The molecule has 0 aromatic rings.